The highest BCUT2D eigenvalue weighted by Crippen LogP contribution is 2.17. The Morgan fingerprint density at radius 2 is 2.22 bits per heavy atom. The fourth-order valence-corrected chi connectivity index (χ4v) is 2.39. The van der Waals surface area contributed by atoms with Gasteiger partial charge in [-0.15, -0.1) is 11.3 Å². The van der Waals surface area contributed by atoms with Crippen LogP contribution >= 0.6 is 11.3 Å². The molecule has 0 aliphatic rings. The molecule has 0 unspecified atom stereocenters. The maximum absolute atomic E-state index is 12.0. The minimum absolute atomic E-state index is 0.0108. The number of aromatic nitrogens is 1. The van der Waals surface area contributed by atoms with E-state index in [1.165, 1.54) is 17.4 Å². The average Bonchev–Trinajstić information content (AvgIpc) is 3.06. The van der Waals surface area contributed by atoms with E-state index in [1.54, 1.807) is 11.6 Å². The zero-order valence-corrected chi connectivity index (χ0v) is 13.4. The maximum Gasteiger partial charge on any atom is 0.268 e. The molecule has 6 nitrogen and oxygen atoms in total. The van der Waals surface area contributed by atoms with Crippen LogP contribution in [0.2, 0.25) is 0 Å². The lowest BCUT2D eigenvalue weighted by atomic mass is 10.1. The van der Waals surface area contributed by atoms with Gasteiger partial charge in [0, 0.05) is 30.9 Å². The summed E-state index contributed by atoms with van der Waals surface area (Å²) in [5.74, 6) is -0.482. The predicted molar refractivity (Wildman–Crippen MR) is 91.1 cm³/mol. The number of nitriles is 1. The molecule has 0 spiro atoms. The lowest BCUT2D eigenvalue weighted by molar-refractivity contribution is -0.112. The molecule has 0 aliphatic heterocycles. The van der Waals surface area contributed by atoms with Gasteiger partial charge in [0.05, 0.1) is 6.61 Å². The van der Waals surface area contributed by atoms with Gasteiger partial charge in [0.1, 0.15) is 11.6 Å². The van der Waals surface area contributed by atoms with E-state index in [9.17, 15) is 4.79 Å². The third-order valence-corrected chi connectivity index (χ3v) is 3.79. The van der Waals surface area contributed by atoms with Crippen LogP contribution in [0.4, 0.5) is 10.8 Å². The Hall–Kier alpha value is -2.69. The monoisotopic (exact) mass is 328 g/mol. The number of nitrogens with one attached hydrogen (secondary N) is 1. The number of aliphatic hydroxyl groups excluding tert-OH is 1. The Morgan fingerprint density at radius 3 is 2.78 bits per heavy atom. The van der Waals surface area contributed by atoms with Crippen LogP contribution in [-0.2, 0) is 4.79 Å². The van der Waals surface area contributed by atoms with Crippen LogP contribution in [0.25, 0.3) is 6.08 Å². The molecule has 0 saturated heterocycles. The Labute approximate surface area is 138 Å². The smallest absolute Gasteiger partial charge is 0.268 e. The van der Waals surface area contributed by atoms with E-state index < -0.39 is 5.91 Å². The second-order valence-electron chi connectivity index (χ2n) is 4.70. The summed E-state index contributed by atoms with van der Waals surface area (Å²) >= 11 is 1.29. The van der Waals surface area contributed by atoms with Gasteiger partial charge in [-0.25, -0.2) is 4.98 Å². The molecule has 1 heterocycles. The number of likely N-dealkylation sites (N-methyl/N-ethyl adjacent to an activating group) is 1. The third kappa shape index (κ3) is 4.64. The minimum Gasteiger partial charge on any atom is -0.395 e. The lowest BCUT2D eigenvalue weighted by Gasteiger charge is -2.17. The van der Waals surface area contributed by atoms with Crippen molar-refractivity contribution >= 4 is 34.1 Å². The molecule has 1 aromatic carbocycles. The van der Waals surface area contributed by atoms with Crippen molar-refractivity contribution in [2.24, 2.45) is 0 Å². The van der Waals surface area contributed by atoms with E-state index in [0.29, 0.717) is 11.7 Å². The Bertz CT molecular complexity index is 718. The normalized spacial score (nSPS) is 10.9. The Balaban J connectivity index is 2.11. The Morgan fingerprint density at radius 1 is 1.48 bits per heavy atom. The van der Waals surface area contributed by atoms with Gasteiger partial charge in [-0.3, -0.25) is 10.1 Å². The maximum atomic E-state index is 12.0. The largest absolute Gasteiger partial charge is 0.395 e. The van der Waals surface area contributed by atoms with Crippen LogP contribution in [0.1, 0.15) is 5.56 Å². The fraction of sp³-hybridized carbons (Fsp3) is 0.188. The van der Waals surface area contributed by atoms with Crippen LogP contribution in [0.3, 0.4) is 0 Å². The number of thiazole rings is 1. The summed E-state index contributed by atoms with van der Waals surface area (Å²) in [6.07, 6.45) is 3.11. The average molecular weight is 328 g/mol. The highest BCUT2D eigenvalue weighted by Gasteiger charge is 2.10. The van der Waals surface area contributed by atoms with Crippen LogP contribution < -0.4 is 10.2 Å². The second kappa shape index (κ2) is 8.08. The summed E-state index contributed by atoms with van der Waals surface area (Å²) in [5.41, 5.74) is 1.70. The minimum atomic E-state index is -0.482. The molecule has 23 heavy (non-hydrogen) atoms. The van der Waals surface area contributed by atoms with E-state index in [-0.39, 0.29) is 12.2 Å². The summed E-state index contributed by atoms with van der Waals surface area (Å²) in [7, 11) is 1.88. The van der Waals surface area contributed by atoms with Crippen LogP contribution in [0, 0.1) is 11.3 Å². The van der Waals surface area contributed by atoms with Crippen molar-refractivity contribution in [2.45, 2.75) is 0 Å². The SMILES string of the molecule is CN(CCO)c1ccc(/C=C(\C#N)C(=O)Nc2nccs2)cc1. The molecular formula is C16H16N4O2S. The van der Waals surface area contributed by atoms with E-state index in [2.05, 4.69) is 10.3 Å². The third-order valence-electron chi connectivity index (χ3n) is 3.10. The standard InChI is InChI=1S/C16H16N4O2S/c1-20(7-8-21)14-4-2-12(3-5-14)10-13(11-17)15(22)19-16-18-6-9-23-16/h2-6,9-10,21H,7-8H2,1H3,(H,18,19,22)/b13-10+. The zero-order chi connectivity index (χ0) is 16.7. The van der Waals surface area contributed by atoms with Gasteiger partial charge in [0.2, 0.25) is 0 Å². The van der Waals surface area contributed by atoms with Crippen molar-refractivity contribution in [3.05, 3.63) is 47.0 Å². The van der Waals surface area contributed by atoms with Crippen LogP contribution in [-0.4, -0.2) is 36.2 Å². The van der Waals surface area contributed by atoms with Crippen molar-refractivity contribution in [3.8, 4) is 6.07 Å². The van der Waals surface area contributed by atoms with Crippen molar-refractivity contribution in [1.29, 1.82) is 5.26 Å². The second-order valence-corrected chi connectivity index (χ2v) is 5.59. The van der Waals surface area contributed by atoms with Gasteiger partial charge in [-0.2, -0.15) is 5.26 Å². The van der Waals surface area contributed by atoms with Crippen molar-refractivity contribution in [1.82, 2.24) is 4.98 Å². The van der Waals surface area contributed by atoms with Crippen LogP contribution in [0.15, 0.2) is 41.4 Å². The molecule has 1 amide bonds. The summed E-state index contributed by atoms with van der Waals surface area (Å²) < 4.78 is 0. The summed E-state index contributed by atoms with van der Waals surface area (Å²) in [6, 6.07) is 9.28. The molecule has 2 aromatic rings. The topological polar surface area (TPSA) is 89.2 Å². The van der Waals surface area contributed by atoms with Gasteiger partial charge in [-0.1, -0.05) is 12.1 Å². The van der Waals surface area contributed by atoms with E-state index in [4.69, 9.17) is 10.4 Å². The van der Waals surface area contributed by atoms with E-state index in [0.717, 1.165) is 11.3 Å². The van der Waals surface area contributed by atoms with E-state index >= 15 is 0 Å². The number of benzene rings is 1. The molecule has 1 aromatic heterocycles. The fourth-order valence-electron chi connectivity index (χ4n) is 1.87. The number of hydrogen-bond donors (Lipinski definition) is 2. The Kier molecular flexibility index (Phi) is 5.86. The number of hydrogen-bond acceptors (Lipinski definition) is 6. The molecule has 2 rings (SSSR count). The first-order chi connectivity index (χ1) is 11.1. The first-order valence-corrected chi connectivity index (χ1v) is 7.76. The lowest BCUT2D eigenvalue weighted by Crippen LogP contribution is -2.20. The van der Waals surface area contributed by atoms with E-state index in [1.807, 2.05) is 42.3 Å². The first-order valence-electron chi connectivity index (χ1n) is 6.88. The summed E-state index contributed by atoms with van der Waals surface area (Å²) in [6.45, 7) is 0.614. The van der Waals surface area contributed by atoms with Gasteiger partial charge in [0.25, 0.3) is 5.91 Å². The number of amides is 1. The number of carbonyl (C=O) groups is 1. The number of aliphatic hydroxyl groups is 1. The number of rotatable bonds is 6. The molecule has 0 atom stereocenters. The van der Waals surface area contributed by atoms with Crippen molar-refractivity contribution < 1.29 is 9.90 Å². The molecule has 0 fully saturated rings. The van der Waals surface area contributed by atoms with Gasteiger partial charge in [-0.05, 0) is 23.8 Å². The molecule has 0 aliphatic carbocycles. The zero-order valence-electron chi connectivity index (χ0n) is 12.6. The number of nitrogens with zero attached hydrogens (tertiary/aromatic N) is 3. The number of anilines is 2. The quantitative estimate of drug-likeness (QED) is 0.626. The molecule has 2 N–H and O–H groups in total. The first kappa shape index (κ1) is 16.7. The highest BCUT2D eigenvalue weighted by atomic mass is 32.1. The molecular weight excluding hydrogens is 312 g/mol. The molecule has 0 radical (unpaired) electrons. The van der Waals surface area contributed by atoms with Crippen molar-refractivity contribution in [3.63, 3.8) is 0 Å². The molecule has 0 bridgehead atoms. The van der Waals surface area contributed by atoms with Gasteiger partial charge < -0.3 is 10.0 Å². The van der Waals surface area contributed by atoms with Gasteiger partial charge >= 0.3 is 0 Å². The molecule has 0 saturated carbocycles. The summed E-state index contributed by atoms with van der Waals surface area (Å²) in [5, 5.41) is 22.9. The highest BCUT2D eigenvalue weighted by molar-refractivity contribution is 7.13. The number of carbonyl (C=O) groups excluding carboxylic acids is 1. The molecule has 118 valence electrons. The predicted octanol–water partition coefficient (Wildman–Crippen LogP) is 2.12. The molecule has 7 heteroatoms. The summed E-state index contributed by atoms with van der Waals surface area (Å²) in [4.78, 5) is 17.9. The van der Waals surface area contributed by atoms with Crippen LogP contribution in [0.5, 0.6) is 0 Å². The van der Waals surface area contributed by atoms with Gasteiger partial charge in [0.15, 0.2) is 5.13 Å². The van der Waals surface area contributed by atoms with Crippen molar-refractivity contribution in [2.75, 3.05) is 30.4 Å².